The normalized spacial score (nSPS) is 14.1. The summed E-state index contributed by atoms with van der Waals surface area (Å²) in [5.41, 5.74) is 2.10. The number of piperidine rings is 1. The average Bonchev–Trinajstić information content (AvgIpc) is 2.80. The molecule has 2 N–H and O–H groups in total. The van der Waals surface area contributed by atoms with E-state index in [-0.39, 0.29) is 4.90 Å². The van der Waals surface area contributed by atoms with Crippen LogP contribution in [0, 0.1) is 6.92 Å². The molecule has 0 radical (unpaired) electrons. The van der Waals surface area contributed by atoms with E-state index < -0.39 is 10.0 Å². The van der Waals surface area contributed by atoms with E-state index in [0.717, 1.165) is 30.3 Å². The highest BCUT2D eigenvalue weighted by Crippen LogP contribution is 2.26. The Labute approximate surface area is 188 Å². The molecule has 1 saturated heterocycles. The largest absolute Gasteiger partial charge is 0.495 e. The molecule has 1 fully saturated rings. The molecule has 0 spiro atoms. The molecule has 1 aromatic heterocycles. The molecule has 2 heterocycles. The third-order valence-corrected chi connectivity index (χ3v) is 6.69. The minimum absolute atomic E-state index is 0.0862. The lowest BCUT2D eigenvalue weighted by atomic mass is 10.1. The highest BCUT2D eigenvalue weighted by Gasteiger charge is 2.19. The molecular weight excluding hydrogens is 426 g/mol. The van der Waals surface area contributed by atoms with Gasteiger partial charge in [-0.2, -0.15) is 4.98 Å². The summed E-state index contributed by atoms with van der Waals surface area (Å²) in [7, 11) is -2.33. The van der Waals surface area contributed by atoms with Gasteiger partial charge >= 0.3 is 0 Å². The zero-order valence-electron chi connectivity index (χ0n) is 18.2. The van der Waals surface area contributed by atoms with Crippen LogP contribution in [0.25, 0.3) is 0 Å². The number of anilines is 4. The van der Waals surface area contributed by atoms with Crippen molar-refractivity contribution in [3.8, 4) is 5.75 Å². The predicted octanol–water partition coefficient (Wildman–Crippen LogP) is 4.33. The SMILES string of the molecule is COc1ccccc1S(=O)(=O)Nc1ccc(Nc2nc(C)cc(N3CCCCC3)n2)cc1. The van der Waals surface area contributed by atoms with Crippen LogP contribution in [-0.2, 0) is 10.0 Å². The first kappa shape index (κ1) is 21.9. The number of nitrogens with zero attached hydrogens (tertiary/aromatic N) is 3. The Morgan fingerprint density at radius 3 is 2.34 bits per heavy atom. The fourth-order valence-corrected chi connectivity index (χ4v) is 4.92. The van der Waals surface area contributed by atoms with Gasteiger partial charge in [-0.3, -0.25) is 4.72 Å². The maximum absolute atomic E-state index is 12.8. The number of aryl methyl sites for hydroxylation is 1. The van der Waals surface area contributed by atoms with Gasteiger partial charge in [0.1, 0.15) is 16.5 Å². The third kappa shape index (κ3) is 5.11. The Hall–Kier alpha value is -3.33. The molecule has 4 rings (SSSR count). The van der Waals surface area contributed by atoms with Gasteiger partial charge in [-0.15, -0.1) is 0 Å². The van der Waals surface area contributed by atoms with Crippen molar-refractivity contribution in [3.05, 3.63) is 60.3 Å². The first-order valence-corrected chi connectivity index (χ1v) is 12.1. The molecule has 3 aromatic rings. The summed E-state index contributed by atoms with van der Waals surface area (Å²) in [6.45, 7) is 3.98. The van der Waals surface area contributed by atoms with Crippen molar-refractivity contribution in [2.24, 2.45) is 0 Å². The van der Waals surface area contributed by atoms with Gasteiger partial charge in [-0.05, 0) is 62.6 Å². The molecule has 168 valence electrons. The number of aromatic nitrogens is 2. The number of rotatable bonds is 7. The van der Waals surface area contributed by atoms with E-state index in [1.165, 1.54) is 32.4 Å². The number of ether oxygens (including phenoxy) is 1. The van der Waals surface area contributed by atoms with Crippen molar-refractivity contribution >= 4 is 33.2 Å². The molecule has 32 heavy (non-hydrogen) atoms. The summed E-state index contributed by atoms with van der Waals surface area (Å²) in [6, 6.07) is 15.5. The van der Waals surface area contributed by atoms with Crippen molar-refractivity contribution in [2.75, 3.05) is 35.1 Å². The Bertz CT molecular complexity index is 1180. The number of para-hydroxylation sites is 1. The highest BCUT2D eigenvalue weighted by molar-refractivity contribution is 7.92. The van der Waals surface area contributed by atoms with Crippen LogP contribution in [0.5, 0.6) is 5.75 Å². The first-order valence-electron chi connectivity index (χ1n) is 10.6. The minimum Gasteiger partial charge on any atom is -0.495 e. The zero-order valence-corrected chi connectivity index (χ0v) is 19.0. The van der Waals surface area contributed by atoms with Crippen LogP contribution in [0.15, 0.2) is 59.5 Å². The molecule has 0 bridgehead atoms. The van der Waals surface area contributed by atoms with Gasteiger partial charge in [0.05, 0.1) is 7.11 Å². The first-order chi connectivity index (χ1) is 15.4. The van der Waals surface area contributed by atoms with Gasteiger partial charge in [0.25, 0.3) is 10.0 Å². The summed E-state index contributed by atoms with van der Waals surface area (Å²) in [4.78, 5) is 11.5. The topological polar surface area (TPSA) is 96.5 Å². The van der Waals surface area contributed by atoms with Crippen molar-refractivity contribution in [2.45, 2.75) is 31.1 Å². The number of benzene rings is 2. The van der Waals surface area contributed by atoms with Crippen molar-refractivity contribution in [1.29, 1.82) is 0 Å². The van der Waals surface area contributed by atoms with Crippen molar-refractivity contribution in [3.63, 3.8) is 0 Å². The van der Waals surface area contributed by atoms with E-state index in [1.807, 2.05) is 13.0 Å². The monoisotopic (exact) mass is 453 g/mol. The van der Waals surface area contributed by atoms with Crippen molar-refractivity contribution in [1.82, 2.24) is 9.97 Å². The summed E-state index contributed by atoms with van der Waals surface area (Å²) in [6.07, 6.45) is 3.62. The van der Waals surface area contributed by atoms with Gasteiger partial charge < -0.3 is 15.0 Å². The molecule has 1 aliphatic heterocycles. The maximum atomic E-state index is 12.8. The van der Waals surface area contributed by atoms with E-state index in [2.05, 4.69) is 24.9 Å². The van der Waals surface area contributed by atoms with Gasteiger partial charge in [-0.1, -0.05) is 12.1 Å². The smallest absolute Gasteiger partial charge is 0.265 e. The fourth-order valence-electron chi connectivity index (χ4n) is 3.69. The number of hydrogen-bond donors (Lipinski definition) is 2. The average molecular weight is 454 g/mol. The molecule has 9 heteroatoms. The number of sulfonamides is 1. The predicted molar refractivity (Wildman–Crippen MR) is 126 cm³/mol. The standard InChI is InChI=1S/C23H27N5O3S/c1-17-16-22(28-14-6-3-7-15-28)26-23(24-17)25-18-10-12-19(13-11-18)27-32(29,30)21-9-5-4-8-20(21)31-2/h4-5,8-13,16,27H,3,6-7,14-15H2,1-2H3,(H,24,25,26). The van der Waals surface area contributed by atoms with Crippen LogP contribution in [0.1, 0.15) is 25.0 Å². The third-order valence-electron chi connectivity index (χ3n) is 5.27. The minimum atomic E-state index is -3.78. The van der Waals surface area contributed by atoms with E-state index in [4.69, 9.17) is 4.74 Å². The van der Waals surface area contributed by atoms with E-state index >= 15 is 0 Å². The lowest BCUT2D eigenvalue weighted by molar-refractivity contribution is 0.403. The van der Waals surface area contributed by atoms with Gasteiger partial charge in [0.2, 0.25) is 5.95 Å². The second-order valence-corrected chi connectivity index (χ2v) is 9.35. The number of nitrogens with one attached hydrogen (secondary N) is 2. The summed E-state index contributed by atoms with van der Waals surface area (Å²) >= 11 is 0. The van der Waals surface area contributed by atoms with Crippen LogP contribution in [0.2, 0.25) is 0 Å². The van der Waals surface area contributed by atoms with E-state index in [0.29, 0.717) is 17.4 Å². The van der Waals surface area contributed by atoms with E-state index in [9.17, 15) is 8.42 Å². The maximum Gasteiger partial charge on any atom is 0.265 e. The van der Waals surface area contributed by atoms with Crippen LogP contribution in [0.3, 0.4) is 0 Å². The number of hydrogen-bond acceptors (Lipinski definition) is 7. The Kier molecular flexibility index (Phi) is 6.45. The van der Waals surface area contributed by atoms with Crippen LogP contribution >= 0.6 is 0 Å². The molecule has 0 aliphatic carbocycles. The lowest BCUT2D eigenvalue weighted by Crippen LogP contribution is -2.30. The molecule has 0 amide bonds. The van der Waals surface area contributed by atoms with Crippen molar-refractivity contribution < 1.29 is 13.2 Å². The van der Waals surface area contributed by atoms with Crippen LogP contribution in [0.4, 0.5) is 23.1 Å². The molecule has 8 nitrogen and oxygen atoms in total. The highest BCUT2D eigenvalue weighted by atomic mass is 32.2. The summed E-state index contributed by atoms with van der Waals surface area (Å²) in [5, 5.41) is 3.22. The zero-order chi connectivity index (χ0) is 22.6. The Morgan fingerprint density at radius 2 is 1.62 bits per heavy atom. The molecule has 0 unspecified atom stereocenters. The second-order valence-electron chi connectivity index (χ2n) is 7.70. The van der Waals surface area contributed by atoms with Gasteiger partial charge in [0.15, 0.2) is 0 Å². The van der Waals surface area contributed by atoms with E-state index in [1.54, 1.807) is 42.5 Å². The molecule has 2 aromatic carbocycles. The molecule has 0 saturated carbocycles. The van der Waals surface area contributed by atoms with Gasteiger partial charge in [-0.25, -0.2) is 13.4 Å². The van der Waals surface area contributed by atoms with Crippen LogP contribution in [-0.4, -0.2) is 38.6 Å². The molecule has 0 atom stereocenters. The number of methoxy groups -OCH3 is 1. The molecule has 1 aliphatic rings. The quantitative estimate of drug-likeness (QED) is 0.550. The lowest BCUT2D eigenvalue weighted by Gasteiger charge is -2.28. The fraction of sp³-hybridized carbons (Fsp3) is 0.304. The molecular formula is C23H27N5O3S. The summed E-state index contributed by atoms with van der Waals surface area (Å²) < 4.78 is 33.3. The Morgan fingerprint density at radius 1 is 0.938 bits per heavy atom. The Balaban J connectivity index is 1.48. The second kappa shape index (κ2) is 9.44. The van der Waals surface area contributed by atoms with Gasteiger partial charge in [0, 0.05) is 36.2 Å². The summed E-state index contributed by atoms with van der Waals surface area (Å²) in [5.74, 6) is 1.74. The van der Waals surface area contributed by atoms with Crippen LogP contribution < -0.4 is 19.7 Å².